The van der Waals surface area contributed by atoms with Gasteiger partial charge in [-0.25, -0.2) is 9.97 Å². The lowest BCUT2D eigenvalue weighted by Gasteiger charge is -2.38. The molecule has 1 spiro atoms. The van der Waals surface area contributed by atoms with Crippen molar-refractivity contribution in [3.05, 3.63) is 47.9 Å². The smallest absolute Gasteiger partial charge is 0.278 e. The fourth-order valence-corrected chi connectivity index (χ4v) is 4.34. The quantitative estimate of drug-likeness (QED) is 0.797. The molecule has 3 aliphatic rings. The summed E-state index contributed by atoms with van der Waals surface area (Å²) in [5, 5.41) is 0. The van der Waals surface area contributed by atoms with Crippen molar-refractivity contribution in [3.8, 4) is 0 Å². The van der Waals surface area contributed by atoms with Crippen LogP contribution in [0.3, 0.4) is 0 Å². The number of hydrogen-bond acceptors (Lipinski definition) is 6. The lowest BCUT2D eigenvalue weighted by molar-refractivity contribution is -0.169. The number of fused-ring (bicyclic) bond motifs is 1. The number of aromatic nitrogens is 2. The highest BCUT2D eigenvalue weighted by Crippen LogP contribution is 2.32. The molecule has 7 nitrogen and oxygen atoms in total. The second-order valence-corrected chi connectivity index (χ2v) is 7.54. The highest BCUT2D eigenvalue weighted by atomic mass is 16.7. The Hall–Kier alpha value is -2.51. The minimum absolute atomic E-state index is 0.0865. The van der Waals surface area contributed by atoms with Crippen LogP contribution in [0.4, 0.5) is 11.5 Å². The van der Waals surface area contributed by atoms with E-state index in [9.17, 15) is 4.79 Å². The summed E-state index contributed by atoms with van der Waals surface area (Å²) < 4.78 is 11.6. The average Bonchev–Trinajstić information content (AvgIpc) is 3.21. The predicted molar refractivity (Wildman–Crippen MR) is 105 cm³/mol. The number of piperidine rings is 1. The van der Waals surface area contributed by atoms with Gasteiger partial charge in [0.2, 0.25) is 0 Å². The number of amides is 1. The number of para-hydroxylation sites is 1. The predicted octanol–water partition coefficient (Wildman–Crippen LogP) is 2.41. The third kappa shape index (κ3) is 3.14. The van der Waals surface area contributed by atoms with E-state index < -0.39 is 5.79 Å². The van der Waals surface area contributed by atoms with Gasteiger partial charge < -0.3 is 19.3 Å². The van der Waals surface area contributed by atoms with Crippen LogP contribution in [0.15, 0.2) is 36.7 Å². The van der Waals surface area contributed by atoms with E-state index in [1.165, 1.54) is 5.56 Å². The number of benzene rings is 1. The molecular weight excluding hydrogens is 356 g/mol. The van der Waals surface area contributed by atoms with Crippen LogP contribution in [-0.2, 0) is 15.9 Å². The van der Waals surface area contributed by atoms with Gasteiger partial charge in [0.15, 0.2) is 5.79 Å². The van der Waals surface area contributed by atoms with Crippen LogP contribution in [0.2, 0.25) is 0 Å². The Morgan fingerprint density at radius 2 is 1.79 bits per heavy atom. The highest BCUT2D eigenvalue weighted by molar-refractivity contribution is 6.05. The molecule has 7 heteroatoms. The maximum atomic E-state index is 13.0. The van der Waals surface area contributed by atoms with Crippen LogP contribution in [0, 0.1) is 0 Å². The molecule has 1 aromatic heterocycles. The molecule has 0 N–H and O–H groups in total. The molecule has 2 fully saturated rings. The van der Waals surface area contributed by atoms with Gasteiger partial charge in [0.05, 0.1) is 25.6 Å². The van der Waals surface area contributed by atoms with Crippen molar-refractivity contribution in [1.29, 1.82) is 0 Å². The summed E-state index contributed by atoms with van der Waals surface area (Å²) in [6.45, 7) is 3.68. The lowest BCUT2D eigenvalue weighted by atomic mass is 10.0. The second-order valence-electron chi connectivity index (χ2n) is 7.54. The molecule has 0 saturated carbocycles. The number of anilines is 2. The molecule has 1 amide bonds. The number of rotatable bonds is 2. The summed E-state index contributed by atoms with van der Waals surface area (Å²) in [6.07, 6.45) is 6.92. The van der Waals surface area contributed by atoms with Gasteiger partial charge in [0.1, 0.15) is 11.5 Å². The molecule has 0 atom stereocenters. The number of carbonyl (C=O) groups excluding carboxylic acids is 1. The summed E-state index contributed by atoms with van der Waals surface area (Å²) >= 11 is 0. The van der Waals surface area contributed by atoms with Crippen molar-refractivity contribution in [2.75, 3.05) is 42.6 Å². The maximum Gasteiger partial charge on any atom is 0.278 e. The molecule has 2 saturated heterocycles. The first-order valence-electron chi connectivity index (χ1n) is 9.99. The van der Waals surface area contributed by atoms with E-state index in [0.29, 0.717) is 25.5 Å². The van der Waals surface area contributed by atoms with Crippen molar-refractivity contribution in [2.24, 2.45) is 0 Å². The number of carbonyl (C=O) groups is 1. The molecule has 28 heavy (non-hydrogen) atoms. The second kappa shape index (κ2) is 7.14. The SMILES string of the molecule is O=C(c1cnc(N2CCC3(CC2)OCCO3)cn1)N1CCCc2ccccc21. The van der Waals surface area contributed by atoms with Crippen molar-refractivity contribution >= 4 is 17.4 Å². The van der Waals surface area contributed by atoms with Gasteiger partial charge in [0.25, 0.3) is 5.91 Å². The Labute approximate surface area is 164 Å². The van der Waals surface area contributed by atoms with Crippen LogP contribution >= 0.6 is 0 Å². The van der Waals surface area contributed by atoms with Crippen molar-refractivity contribution in [2.45, 2.75) is 31.5 Å². The first-order chi connectivity index (χ1) is 13.7. The molecule has 2 aromatic rings. The number of nitrogens with zero attached hydrogens (tertiary/aromatic N) is 4. The highest BCUT2D eigenvalue weighted by Gasteiger charge is 2.40. The molecule has 5 rings (SSSR count). The van der Waals surface area contributed by atoms with Crippen LogP contribution < -0.4 is 9.80 Å². The topological polar surface area (TPSA) is 67.8 Å². The Morgan fingerprint density at radius 1 is 1.00 bits per heavy atom. The van der Waals surface area contributed by atoms with E-state index in [1.807, 2.05) is 23.1 Å². The third-order valence-electron chi connectivity index (χ3n) is 5.88. The van der Waals surface area contributed by atoms with E-state index in [-0.39, 0.29) is 5.91 Å². The third-order valence-corrected chi connectivity index (χ3v) is 5.88. The summed E-state index contributed by atoms with van der Waals surface area (Å²) in [6, 6.07) is 8.08. The first kappa shape index (κ1) is 17.6. The van der Waals surface area contributed by atoms with E-state index in [1.54, 1.807) is 12.4 Å². The largest absolute Gasteiger partial charge is 0.355 e. The van der Waals surface area contributed by atoms with Gasteiger partial charge in [-0.3, -0.25) is 4.79 Å². The van der Waals surface area contributed by atoms with Crippen molar-refractivity contribution in [3.63, 3.8) is 0 Å². The van der Waals surface area contributed by atoms with Crippen LogP contribution in [0.5, 0.6) is 0 Å². The fourth-order valence-electron chi connectivity index (χ4n) is 4.34. The van der Waals surface area contributed by atoms with Gasteiger partial charge in [0, 0.05) is 38.2 Å². The molecule has 4 heterocycles. The maximum absolute atomic E-state index is 13.0. The van der Waals surface area contributed by atoms with Crippen LogP contribution in [0.25, 0.3) is 0 Å². The first-order valence-corrected chi connectivity index (χ1v) is 9.99. The van der Waals surface area contributed by atoms with Crippen molar-refractivity contribution < 1.29 is 14.3 Å². The van der Waals surface area contributed by atoms with Gasteiger partial charge >= 0.3 is 0 Å². The van der Waals surface area contributed by atoms with Gasteiger partial charge in [-0.1, -0.05) is 18.2 Å². The Morgan fingerprint density at radius 3 is 2.54 bits per heavy atom. The number of hydrogen-bond donors (Lipinski definition) is 0. The van der Waals surface area contributed by atoms with E-state index in [2.05, 4.69) is 20.9 Å². The fraction of sp³-hybridized carbons (Fsp3) is 0.476. The molecule has 146 valence electrons. The molecule has 3 aliphatic heterocycles. The summed E-state index contributed by atoms with van der Waals surface area (Å²) in [7, 11) is 0. The Bertz CT molecular complexity index is 854. The summed E-state index contributed by atoms with van der Waals surface area (Å²) in [5.74, 6) is 0.307. The van der Waals surface area contributed by atoms with Crippen molar-refractivity contribution in [1.82, 2.24) is 9.97 Å². The zero-order valence-electron chi connectivity index (χ0n) is 15.8. The Balaban J connectivity index is 1.29. The Kier molecular flexibility index (Phi) is 4.49. The zero-order chi connectivity index (χ0) is 19.0. The normalized spacial score (nSPS) is 21.0. The minimum atomic E-state index is -0.401. The van der Waals surface area contributed by atoms with Crippen LogP contribution in [-0.4, -0.2) is 54.5 Å². The summed E-state index contributed by atoms with van der Waals surface area (Å²) in [5.41, 5.74) is 2.59. The minimum Gasteiger partial charge on any atom is -0.355 e. The van der Waals surface area contributed by atoms with E-state index in [4.69, 9.17) is 9.47 Å². The molecule has 0 unspecified atom stereocenters. The number of ether oxygens (including phenoxy) is 2. The van der Waals surface area contributed by atoms with Gasteiger partial charge in [-0.2, -0.15) is 0 Å². The standard InChI is InChI=1S/C21H24N4O3/c26-20(25-9-3-5-16-4-1-2-6-18(16)25)17-14-23-19(15-22-17)24-10-7-21(8-11-24)27-12-13-28-21/h1-2,4,6,14-15H,3,5,7-13H2. The average molecular weight is 380 g/mol. The molecule has 0 aliphatic carbocycles. The monoisotopic (exact) mass is 380 g/mol. The van der Waals surface area contributed by atoms with Gasteiger partial charge in [-0.05, 0) is 24.5 Å². The molecule has 0 radical (unpaired) electrons. The molecule has 0 bridgehead atoms. The van der Waals surface area contributed by atoms with Crippen LogP contribution in [0.1, 0.15) is 35.3 Å². The lowest BCUT2D eigenvalue weighted by Crippen LogP contribution is -2.45. The van der Waals surface area contributed by atoms with E-state index in [0.717, 1.165) is 50.3 Å². The van der Waals surface area contributed by atoms with Gasteiger partial charge in [-0.15, -0.1) is 0 Å². The summed E-state index contributed by atoms with van der Waals surface area (Å²) in [4.78, 5) is 25.9. The van der Waals surface area contributed by atoms with E-state index >= 15 is 0 Å². The molecular formula is C21H24N4O3. The zero-order valence-corrected chi connectivity index (χ0v) is 15.8. The number of aryl methyl sites for hydroxylation is 1. The molecule has 1 aromatic carbocycles.